The van der Waals surface area contributed by atoms with Crippen molar-refractivity contribution in [3.05, 3.63) is 83.9 Å². The molecule has 3 aromatic carbocycles. The van der Waals surface area contributed by atoms with Crippen molar-refractivity contribution < 1.29 is 29.8 Å². The largest absolute Gasteiger partial charge is 0.504 e. The van der Waals surface area contributed by atoms with E-state index in [-0.39, 0.29) is 23.4 Å². The van der Waals surface area contributed by atoms with Crippen molar-refractivity contribution in [2.75, 3.05) is 6.54 Å². The van der Waals surface area contributed by atoms with Crippen LogP contribution in [0.1, 0.15) is 20.7 Å². The number of rotatable bonds is 7. The molecule has 164 valence electrons. The lowest BCUT2D eigenvalue weighted by molar-refractivity contribution is -0.131. The minimum atomic E-state index is -1.27. The molecule has 1 atom stereocenters. The molecule has 6 N–H and O–H groups in total. The molecule has 0 aromatic heterocycles. The molecule has 0 aliphatic rings. The third-order valence-electron chi connectivity index (χ3n) is 4.69. The second-order valence-corrected chi connectivity index (χ2v) is 6.86. The highest BCUT2D eigenvalue weighted by molar-refractivity contribution is 5.98. The second-order valence-electron chi connectivity index (χ2n) is 6.86. The summed E-state index contributed by atoms with van der Waals surface area (Å²) in [7, 11) is 0. The van der Waals surface area contributed by atoms with Crippen LogP contribution in [-0.4, -0.2) is 45.7 Å². The summed E-state index contributed by atoms with van der Waals surface area (Å²) in [4.78, 5) is 36.8. The maximum atomic E-state index is 12.6. The number of amides is 3. The summed E-state index contributed by atoms with van der Waals surface area (Å²) >= 11 is 0. The number of hydrogen-bond donors (Lipinski definition) is 6. The first-order valence-electron chi connectivity index (χ1n) is 9.59. The molecule has 0 aliphatic carbocycles. The molecule has 0 saturated carbocycles. The van der Waals surface area contributed by atoms with Crippen LogP contribution in [-0.2, 0) is 4.79 Å². The lowest BCUT2D eigenvalue weighted by Crippen LogP contribution is -2.52. The molecule has 0 aliphatic heterocycles. The van der Waals surface area contributed by atoms with Crippen molar-refractivity contribution in [2.24, 2.45) is 0 Å². The lowest BCUT2D eigenvalue weighted by Gasteiger charge is -2.17. The molecule has 0 radical (unpaired) electrons. The van der Waals surface area contributed by atoms with E-state index in [1.807, 2.05) is 30.3 Å². The number of phenolic OH excluding ortho intramolecular Hbond substituents is 2. The molecule has 9 nitrogen and oxygen atoms in total. The van der Waals surface area contributed by atoms with Gasteiger partial charge in [-0.2, -0.15) is 0 Å². The molecule has 3 amide bonds. The van der Waals surface area contributed by atoms with Gasteiger partial charge in [-0.3, -0.25) is 19.6 Å². The molecule has 3 rings (SSSR count). The molecule has 9 heteroatoms. The molecule has 32 heavy (non-hydrogen) atoms. The van der Waals surface area contributed by atoms with Gasteiger partial charge in [0.25, 0.3) is 17.7 Å². The van der Waals surface area contributed by atoms with E-state index >= 15 is 0 Å². The molecular formula is C23H21N3O6. The van der Waals surface area contributed by atoms with E-state index in [4.69, 9.17) is 5.21 Å². The van der Waals surface area contributed by atoms with Crippen molar-refractivity contribution in [3.63, 3.8) is 0 Å². The summed E-state index contributed by atoms with van der Waals surface area (Å²) in [6, 6.07) is 18.5. The number of phenols is 2. The standard InChI is InChI=1S/C23H21N3O6/c27-19-11-10-17(12-20(19)28)21(29)24-13-18(23(31)26-32)25-22(30)16-8-6-15(7-9-16)14-4-2-1-3-5-14/h1-12,18,27-28,32H,13H2,(H,24,29)(H,25,30)(H,26,31)/t18-/m0/s1. The van der Waals surface area contributed by atoms with Crippen molar-refractivity contribution in [2.45, 2.75) is 6.04 Å². The van der Waals surface area contributed by atoms with Gasteiger partial charge in [0.15, 0.2) is 11.5 Å². The maximum Gasteiger partial charge on any atom is 0.267 e. The Morgan fingerprint density at radius 2 is 1.38 bits per heavy atom. The van der Waals surface area contributed by atoms with Gasteiger partial charge in [-0.1, -0.05) is 42.5 Å². The molecule has 0 bridgehead atoms. The van der Waals surface area contributed by atoms with Crippen LogP contribution >= 0.6 is 0 Å². The zero-order chi connectivity index (χ0) is 23.1. The van der Waals surface area contributed by atoms with Crippen LogP contribution < -0.4 is 16.1 Å². The van der Waals surface area contributed by atoms with E-state index in [0.29, 0.717) is 0 Å². The zero-order valence-electron chi connectivity index (χ0n) is 16.8. The van der Waals surface area contributed by atoms with Gasteiger partial charge < -0.3 is 20.8 Å². The van der Waals surface area contributed by atoms with E-state index in [2.05, 4.69) is 10.6 Å². The molecule has 0 spiro atoms. The Kier molecular flexibility index (Phi) is 7.04. The summed E-state index contributed by atoms with van der Waals surface area (Å²) in [6.45, 7) is -0.333. The maximum absolute atomic E-state index is 12.6. The Morgan fingerprint density at radius 3 is 2.00 bits per heavy atom. The number of hydrogen-bond acceptors (Lipinski definition) is 6. The first-order chi connectivity index (χ1) is 15.4. The van der Waals surface area contributed by atoms with Gasteiger partial charge in [-0.15, -0.1) is 0 Å². The first-order valence-corrected chi connectivity index (χ1v) is 9.59. The average Bonchev–Trinajstić information content (AvgIpc) is 2.83. The fourth-order valence-electron chi connectivity index (χ4n) is 2.93. The van der Waals surface area contributed by atoms with Crippen LogP contribution in [0.4, 0.5) is 0 Å². The van der Waals surface area contributed by atoms with Gasteiger partial charge >= 0.3 is 0 Å². The predicted molar refractivity (Wildman–Crippen MR) is 115 cm³/mol. The summed E-state index contributed by atoms with van der Waals surface area (Å²) in [6.07, 6.45) is 0. The smallest absolute Gasteiger partial charge is 0.267 e. The first kappa shape index (κ1) is 22.3. The molecule has 0 heterocycles. The normalized spacial score (nSPS) is 11.3. The van der Waals surface area contributed by atoms with Crippen LogP contribution in [0.15, 0.2) is 72.8 Å². The van der Waals surface area contributed by atoms with E-state index in [0.717, 1.165) is 23.3 Å². The highest BCUT2D eigenvalue weighted by Crippen LogP contribution is 2.24. The number of nitrogens with one attached hydrogen (secondary N) is 3. The van der Waals surface area contributed by atoms with Crippen LogP contribution in [0.3, 0.4) is 0 Å². The number of benzene rings is 3. The highest BCUT2D eigenvalue weighted by Gasteiger charge is 2.22. The number of carbonyl (C=O) groups is 3. The number of aromatic hydroxyl groups is 2. The fourth-order valence-corrected chi connectivity index (χ4v) is 2.93. The van der Waals surface area contributed by atoms with E-state index in [1.165, 1.54) is 11.5 Å². The Balaban J connectivity index is 1.65. The van der Waals surface area contributed by atoms with Crippen LogP contribution in [0, 0.1) is 0 Å². The van der Waals surface area contributed by atoms with Crippen molar-refractivity contribution in [1.29, 1.82) is 0 Å². The van der Waals surface area contributed by atoms with Crippen LogP contribution in [0.5, 0.6) is 11.5 Å². The molecule has 0 unspecified atom stereocenters. The van der Waals surface area contributed by atoms with Gasteiger partial charge in [-0.05, 0) is 41.5 Å². The SMILES string of the molecule is O=C(NC[C@H](NC(=O)c1ccc(-c2ccccc2)cc1)C(=O)NO)c1ccc(O)c(O)c1. The van der Waals surface area contributed by atoms with E-state index < -0.39 is 29.5 Å². The predicted octanol–water partition coefficient (Wildman–Crippen LogP) is 1.80. The Hall–Kier alpha value is -4.37. The summed E-state index contributed by atoms with van der Waals surface area (Å²) < 4.78 is 0. The van der Waals surface area contributed by atoms with Crippen molar-refractivity contribution >= 4 is 17.7 Å². The summed E-state index contributed by atoms with van der Waals surface area (Å²) in [5, 5.41) is 32.7. The number of carbonyl (C=O) groups excluding carboxylic acids is 3. The van der Waals surface area contributed by atoms with E-state index in [9.17, 15) is 24.6 Å². The van der Waals surface area contributed by atoms with Crippen molar-refractivity contribution in [1.82, 2.24) is 16.1 Å². The lowest BCUT2D eigenvalue weighted by atomic mass is 10.0. The minimum Gasteiger partial charge on any atom is -0.504 e. The molecule has 0 saturated heterocycles. The van der Waals surface area contributed by atoms with Gasteiger partial charge in [0.2, 0.25) is 0 Å². The highest BCUT2D eigenvalue weighted by atomic mass is 16.5. The molecule has 3 aromatic rings. The van der Waals surface area contributed by atoms with Gasteiger partial charge in [0.1, 0.15) is 6.04 Å². The average molecular weight is 435 g/mol. The monoisotopic (exact) mass is 435 g/mol. The quantitative estimate of drug-likeness (QED) is 0.189. The number of hydroxylamine groups is 1. The summed E-state index contributed by atoms with van der Waals surface area (Å²) in [5.41, 5.74) is 3.67. The second kappa shape index (κ2) is 10.1. The van der Waals surface area contributed by atoms with Crippen LogP contribution in [0.25, 0.3) is 11.1 Å². The topological polar surface area (TPSA) is 148 Å². The third kappa shape index (κ3) is 5.41. The van der Waals surface area contributed by atoms with Gasteiger partial charge in [-0.25, -0.2) is 5.48 Å². The Morgan fingerprint density at radius 1 is 0.750 bits per heavy atom. The van der Waals surface area contributed by atoms with E-state index in [1.54, 1.807) is 24.3 Å². The zero-order valence-corrected chi connectivity index (χ0v) is 16.8. The summed E-state index contributed by atoms with van der Waals surface area (Å²) in [5.74, 6) is -3.01. The Bertz CT molecular complexity index is 1120. The van der Waals surface area contributed by atoms with Crippen molar-refractivity contribution in [3.8, 4) is 22.6 Å². The Labute approximate surface area is 183 Å². The van der Waals surface area contributed by atoms with Crippen LogP contribution in [0.2, 0.25) is 0 Å². The molecule has 0 fully saturated rings. The van der Waals surface area contributed by atoms with Gasteiger partial charge in [0, 0.05) is 17.7 Å². The van der Waals surface area contributed by atoms with Gasteiger partial charge in [0.05, 0.1) is 0 Å². The fraction of sp³-hybridized carbons (Fsp3) is 0.0870. The third-order valence-corrected chi connectivity index (χ3v) is 4.69. The molecular weight excluding hydrogens is 414 g/mol. The minimum absolute atomic E-state index is 0.0336.